The molecule has 0 aromatic rings. The normalized spacial score (nSPS) is 30.6. The van der Waals surface area contributed by atoms with Crippen LogP contribution in [-0.4, -0.2) is 36.3 Å². The highest BCUT2D eigenvalue weighted by molar-refractivity contribution is 5.21. The molecular weight excluding hydrogens is 219 g/mol. The summed E-state index contributed by atoms with van der Waals surface area (Å²) in [5, 5.41) is 0. The second kappa shape index (κ2) is 4.13. The van der Waals surface area contributed by atoms with E-state index in [2.05, 4.69) is 0 Å². The molecule has 0 saturated carbocycles. The average Bonchev–Trinajstić information content (AvgIpc) is 2.14. The van der Waals surface area contributed by atoms with Gasteiger partial charge in [-0.15, -0.1) is 0 Å². The number of allylic oxidation sites excluding steroid dienone is 2. The van der Waals surface area contributed by atoms with E-state index in [1.807, 2.05) is 12.2 Å². The predicted octanol–water partition coefficient (Wildman–Crippen LogP) is 2.48. The molecule has 1 fully saturated rings. The van der Waals surface area contributed by atoms with Crippen LogP contribution < -0.4 is 0 Å². The Morgan fingerprint density at radius 2 is 2.25 bits per heavy atom. The van der Waals surface area contributed by atoms with E-state index in [0.29, 0.717) is 18.7 Å². The van der Waals surface area contributed by atoms with Gasteiger partial charge in [0.05, 0.1) is 12.6 Å². The van der Waals surface area contributed by atoms with E-state index in [-0.39, 0.29) is 12.1 Å². The number of hydrogen-bond acceptors (Lipinski definition) is 2. The Bertz CT molecular complexity index is 322. The van der Waals surface area contributed by atoms with Crippen LogP contribution in [0, 0.1) is 0 Å². The van der Waals surface area contributed by atoms with Gasteiger partial charge in [-0.25, -0.2) is 0 Å². The van der Waals surface area contributed by atoms with Crippen molar-refractivity contribution in [1.82, 2.24) is 4.90 Å². The highest BCUT2D eigenvalue weighted by atomic mass is 19.4. The zero-order chi connectivity index (χ0) is 11.8. The molecule has 0 bridgehead atoms. The highest BCUT2D eigenvalue weighted by Gasteiger charge is 2.39. The number of hydrogen-bond donors (Lipinski definition) is 0. The van der Waals surface area contributed by atoms with Gasteiger partial charge in [0.15, 0.2) is 0 Å². The van der Waals surface area contributed by atoms with Gasteiger partial charge in [0, 0.05) is 6.54 Å². The summed E-state index contributed by atoms with van der Waals surface area (Å²) in [6, 6.07) is -0.247. The summed E-state index contributed by atoms with van der Waals surface area (Å²) >= 11 is 0. The van der Waals surface area contributed by atoms with Gasteiger partial charge in [0.2, 0.25) is 0 Å². The molecule has 1 aliphatic heterocycles. The van der Waals surface area contributed by atoms with Crippen LogP contribution in [0.15, 0.2) is 24.0 Å². The van der Waals surface area contributed by atoms with Gasteiger partial charge in [0.1, 0.15) is 11.9 Å². The van der Waals surface area contributed by atoms with Gasteiger partial charge in [-0.3, -0.25) is 4.90 Å². The van der Waals surface area contributed by atoms with Crippen LogP contribution in [-0.2, 0) is 4.74 Å². The first-order chi connectivity index (χ1) is 7.46. The molecule has 2 aliphatic rings. The topological polar surface area (TPSA) is 12.5 Å². The van der Waals surface area contributed by atoms with Crippen LogP contribution in [0.3, 0.4) is 0 Å². The molecule has 1 heterocycles. The van der Waals surface area contributed by atoms with E-state index in [0.717, 1.165) is 0 Å². The first-order valence-electron chi connectivity index (χ1n) is 5.30. The largest absolute Gasteiger partial charge is 0.492 e. The third-order valence-corrected chi connectivity index (χ3v) is 2.74. The molecule has 2 atom stereocenters. The SMILES string of the molecule is CC1CN(CC(F)(F)F)C2CC=CC=C2O1. The lowest BCUT2D eigenvalue weighted by Crippen LogP contribution is -2.51. The molecule has 90 valence electrons. The maximum absolute atomic E-state index is 12.4. The minimum Gasteiger partial charge on any atom is -0.492 e. The molecule has 1 saturated heterocycles. The van der Waals surface area contributed by atoms with Gasteiger partial charge in [-0.1, -0.05) is 12.2 Å². The van der Waals surface area contributed by atoms with Crippen LogP contribution in [0.5, 0.6) is 0 Å². The van der Waals surface area contributed by atoms with Gasteiger partial charge in [-0.05, 0) is 19.4 Å². The Hall–Kier alpha value is -0.970. The first-order valence-corrected chi connectivity index (χ1v) is 5.30. The molecule has 0 N–H and O–H groups in total. The van der Waals surface area contributed by atoms with E-state index >= 15 is 0 Å². The minimum atomic E-state index is -4.15. The van der Waals surface area contributed by atoms with E-state index in [1.54, 1.807) is 13.0 Å². The number of fused-ring (bicyclic) bond motifs is 1. The van der Waals surface area contributed by atoms with E-state index in [9.17, 15) is 13.2 Å². The van der Waals surface area contributed by atoms with E-state index < -0.39 is 12.7 Å². The maximum Gasteiger partial charge on any atom is 0.401 e. The smallest absolute Gasteiger partial charge is 0.401 e. The number of halogens is 3. The molecule has 2 rings (SSSR count). The monoisotopic (exact) mass is 233 g/mol. The summed E-state index contributed by atoms with van der Waals surface area (Å²) < 4.78 is 42.8. The molecule has 0 radical (unpaired) electrons. The molecule has 1 aliphatic carbocycles. The Morgan fingerprint density at radius 1 is 1.50 bits per heavy atom. The minimum absolute atomic E-state index is 0.184. The molecule has 0 amide bonds. The summed E-state index contributed by atoms with van der Waals surface area (Å²) in [5.74, 6) is 0.658. The van der Waals surface area contributed by atoms with E-state index in [4.69, 9.17) is 4.74 Å². The third kappa shape index (κ3) is 2.58. The van der Waals surface area contributed by atoms with Crippen molar-refractivity contribution in [3.63, 3.8) is 0 Å². The van der Waals surface area contributed by atoms with Crippen molar-refractivity contribution >= 4 is 0 Å². The second-order valence-corrected chi connectivity index (χ2v) is 4.22. The standard InChI is InChI=1S/C11H14F3NO/c1-8-6-15(7-11(12,13)14)9-4-2-3-5-10(9)16-8/h2-3,5,8-9H,4,6-7H2,1H3. The van der Waals surface area contributed by atoms with Crippen LogP contribution in [0.2, 0.25) is 0 Å². The Kier molecular flexibility index (Phi) is 2.97. The fourth-order valence-corrected chi connectivity index (χ4v) is 2.18. The van der Waals surface area contributed by atoms with Crippen molar-refractivity contribution < 1.29 is 17.9 Å². The second-order valence-electron chi connectivity index (χ2n) is 4.22. The van der Waals surface area contributed by atoms with Crippen molar-refractivity contribution in [2.24, 2.45) is 0 Å². The lowest BCUT2D eigenvalue weighted by atomic mass is 10.0. The fourth-order valence-electron chi connectivity index (χ4n) is 2.18. The number of nitrogens with zero attached hydrogens (tertiary/aromatic N) is 1. The van der Waals surface area contributed by atoms with Gasteiger partial charge < -0.3 is 4.74 Å². The molecular formula is C11H14F3NO. The van der Waals surface area contributed by atoms with Crippen molar-refractivity contribution in [3.05, 3.63) is 24.0 Å². The highest BCUT2D eigenvalue weighted by Crippen LogP contribution is 2.29. The summed E-state index contributed by atoms with van der Waals surface area (Å²) in [6.45, 7) is 1.25. The molecule has 16 heavy (non-hydrogen) atoms. The molecule has 0 spiro atoms. The Morgan fingerprint density at radius 3 is 2.94 bits per heavy atom. The van der Waals surface area contributed by atoms with Gasteiger partial charge in [0.25, 0.3) is 0 Å². The van der Waals surface area contributed by atoms with Crippen molar-refractivity contribution in [2.45, 2.75) is 31.7 Å². The first kappa shape index (κ1) is 11.5. The number of rotatable bonds is 1. The zero-order valence-corrected chi connectivity index (χ0v) is 9.00. The molecule has 2 unspecified atom stereocenters. The quantitative estimate of drug-likeness (QED) is 0.690. The summed E-state index contributed by atoms with van der Waals surface area (Å²) in [7, 11) is 0. The zero-order valence-electron chi connectivity index (χ0n) is 9.00. The summed E-state index contributed by atoms with van der Waals surface area (Å²) in [6.07, 6.45) is 1.72. The Labute approximate surface area is 92.4 Å². The summed E-state index contributed by atoms with van der Waals surface area (Å²) in [4.78, 5) is 1.45. The van der Waals surface area contributed by atoms with Crippen LogP contribution >= 0.6 is 0 Å². The summed E-state index contributed by atoms with van der Waals surface area (Å²) in [5.41, 5.74) is 0. The number of morpholine rings is 1. The van der Waals surface area contributed by atoms with Gasteiger partial charge >= 0.3 is 6.18 Å². The molecule has 0 aromatic heterocycles. The Balaban J connectivity index is 2.12. The average molecular weight is 233 g/mol. The van der Waals surface area contributed by atoms with Crippen LogP contribution in [0.1, 0.15) is 13.3 Å². The molecule has 5 heteroatoms. The van der Waals surface area contributed by atoms with E-state index in [1.165, 1.54) is 4.90 Å². The lowest BCUT2D eigenvalue weighted by Gasteiger charge is -2.41. The molecule has 0 aromatic carbocycles. The van der Waals surface area contributed by atoms with Crippen LogP contribution in [0.25, 0.3) is 0 Å². The number of alkyl halides is 3. The van der Waals surface area contributed by atoms with Crippen molar-refractivity contribution in [1.29, 1.82) is 0 Å². The maximum atomic E-state index is 12.4. The lowest BCUT2D eigenvalue weighted by molar-refractivity contribution is -0.160. The van der Waals surface area contributed by atoms with Crippen molar-refractivity contribution in [2.75, 3.05) is 13.1 Å². The number of ether oxygens (including phenoxy) is 1. The predicted molar refractivity (Wildman–Crippen MR) is 53.8 cm³/mol. The molecule has 2 nitrogen and oxygen atoms in total. The van der Waals surface area contributed by atoms with Gasteiger partial charge in [-0.2, -0.15) is 13.2 Å². The third-order valence-electron chi connectivity index (χ3n) is 2.74. The van der Waals surface area contributed by atoms with Crippen molar-refractivity contribution in [3.8, 4) is 0 Å². The van der Waals surface area contributed by atoms with Crippen LogP contribution in [0.4, 0.5) is 13.2 Å². The fraction of sp³-hybridized carbons (Fsp3) is 0.636.